The molecule has 2 heterocycles. The van der Waals surface area contributed by atoms with E-state index in [-0.39, 0.29) is 24.0 Å². The van der Waals surface area contributed by atoms with Gasteiger partial charge in [-0.2, -0.15) is 0 Å². The zero-order valence-electron chi connectivity index (χ0n) is 23.7. The number of hydrogen-bond acceptors (Lipinski definition) is 5. The molecule has 10 heteroatoms. The molecule has 0 aliphatic carbocycles. The van der Waals surface area contributed by atoms with Crippen LogP contribution in [0, 0.1) is 11.6 Å². The number of fused-ring (bicyclic) bond motifs is 1. The third-order valence-corrected chi connectivity index (χ3v) is 8.10. The molecular weight excluding hydrogens is 562 g/mol. The molecule has 0 N–H and O–H groups in total. The van der Waals surface area contributed by atoms with Gasteiger partial charge in [-0.05, 0) is 41.8 Å². The van der Waals surface area contributed by atoms with Crippen molar-refractivity contribution in [1.82, 2.24) is 9.80 Å². The van der Waals surface area contributed by atoms with Crippen LogP contribution < -0.4 is 9.80 Å². The number of morpholine rings is 1. The highest BCUT2D eigenvalue weighted by Crippen LogP contribution is 2.30. The lowest BCUT2D eigenvalue weighted by Crippen LogP contribution is -2.39. The lowest BCUT2D eigenvalue weighted by Gasteiger charge is -2.31. The van der Waals surface area contributed by atoms with E-state index in [2.05, 4.69) is 21.9 Å². The van der Waals surface area contributed by atoms with Gasteiger partial charge in [0.25, 0.3) is 5.91 Å². The van der Waals surface area contributed by atoms with Gasteiger partial charge in [-0.15, -0.1) is 0 Å². The molecule has 2 aliphatic rings. The van der Waals surface area contributed by atoms with Crippen molar-refractivity contribution in [3.8, 4) is 0 Å². The van der Waals surface area contributed by atoms with Crippen LogP contribution in [0.3, 0.4) is 0 Å². The summed E-state index contributed by atoms with van der Waals surface area (Å²) in [5, 5.41) is 0.542. The number of carbonyl (C=O) groups excluding carboxylic acids is 2. The molecule has 0 bridgehead atoms. The van der Waals surface area contributed by atoms with Crippen molar-refractivity contribution in [2.24, 2.45) is 0 Å². The second-order valence-corrected chi connectivity index (χ2v) is 11.1. The van der Waals surface area contributed by atoms with Gasteiger partial charge in [0.2, 0.25) is 5.91 Å². The topological polar surface area (TPSA) is 56.3 Å². The van der Waals surface area contributed by atoms with Crippen LogP contribution in [0.5, 0.6) is 0 Å². The maximum Gasteiger partial charge on any atom is 0.254 e. The fraction of sp³-hybridized carbons (Fsp3) is 0.375. The van der Waals surface area contributed by atoms with Crippen LogP contribution in [0.15, 0.2) is 60.7 Å². The van der Waals surface area contributed by atoms with Crippen molar-refractivity contribution in [1.29, 1.82) is 0 Å². The van der Waals surface area contributed by atoms with E-state index in [0.717, 1.165) is 23.4 Å². The Morgan fingerprint density at radius 1 is 0.857 bits per heavy atom. The van der Waals surface area contributed by atoms with E-state index in [1.54, 1.807) is 23.1 Å². The van der Waals surface area contributed by atoms with Gasteiger partial charge >= 0.3 is 0 Å². The summed E-state index contributed by atoms with van der Waals surface area (Å²) in [4.78, 5) is 34.3. The van der Waals surface area contributed by atoms with E-state index in [1.165, 1.54) is 11.8 Å². The first-order valence-electron chi connectivity index (χ1n) is 14.2. The predicted molar refractivity (Wildman–Crippen MR) is 160 cm³/mol. The zero-order valence-corrected chi connectivity index (χ0v) is 24.5. The van der Waals surface area contributed by atoms with Gasteiger partial charge in [-0.1, -0.05) is 41.9 Å². The van der Waals surface area contributed by atoms with Crippen molar-refractivity contribution in [3.63, 3.8) is 0 Å². The SMILES string of the molecule is CC(=O)N1CCCN(Cc2ccccc2)CCN(C(=O)c2ccc(Cl)c(N3CCOCC3)c2)Cc2cc(F)c(F)cc21. The Balaban J connectivity index is 1.50. The summed E-state index contributed by atoms with van der Waals surface area (Å²) in [6, 6.07) is 17.4. The van der Waals surface area contributed by atoms with Crippen LogP contribution in [0.4, 0.5) is 20.2 Å². The Morgan fingerprint density at radius 2 is 1.60 bits per heavy atom. The first kappa shape index (κ1) is 29.9. The number of anilines is 2. The lowest BCUT2D eigenvalue weighted by molar-refractivity contribution is -0.116. The molecule has 0 radical (unpaired) electrons. The van der Waals surface area contributed by atoms with Gasteiger partial charge in [0.15, 0.2) is 11.6 Å². The fourth-order valence-electron chi connectivity index (χ4n) is 5.56. The monoisotopic (exact) mass is 596 g/mol. The van der Waals surface area contributed by atoms with Crippen molar-refractivity contribution in [2.75, 3.05) is 62.3 Å². The van der Waals surface area contributed by atoms with E-state index >= 15 is 0 Å². The van der Waals surface area contributed by atoms with Crippen LogP contribution in [0.2, 0.25) is 5.02 Å². The Hall–Kier alpha value is -3.53. The quantitative estimate of drug-likeness (QED) is 0.406. The molecule has 1 fully saturated rings. The molecule has 0 atom stereocenters. The normalized spacial score (nSPS) is 17.0. The molecule has 3 aromatic carbocycles. The number of hydrogen-bond donors (Lipinski definition) is 0. The number of ether oxygens (including phenoxy) is 1. The summed E-state index contributed by atoms with van der Waals surface area (Å²) in [6.07, 6.45) is 0.624. The molecule has 1 saturated heterocycles. The minimum atomic E-state index is -1.04. The summed E-state index contributed by atoms with van der Waals surface area (Å²) in [5.41, 5.74) is 2.98. The van der Waals surface area contributed by atoms with E-state index in [0.29, 0.717) is 81.6 Å². The maximum absolute atomic E-state index is 14.6. The highest BCUT2D eigenvalue weighted by molar-refractivity contribution is 6.33. The van der Waals surface area contributed by atoms with E-state index in [9.17, 15) is 18.4 Å². The number of nitrogens with zero attached hydrogens (tertiary/aromatic N) is 4. The smallest absolute Gasteiger partial charge is 0.254 e. The predicted octanol–water partition coefficient (Wildman–Crippen LogP) is 5.36. The van der Waals surface area contributed by atoms with Crippen LogP contribution >= 0.6 is 11.6 Å². The molecule has 0 saturated carbocycles. The number of benzene rings is 3. The molecule has 2 amide bonds. The summed E-state index contributed by atoms with van der Waals surface area (Å²) >= 11 is 6.54. The minimum absolute atomic E-state index is 0.00381. The summed E-state index contributed by atoms with van der Waals surface area (Å²) in [5.74, 6) is -2.59. The summed E-state index contributed by atoms with van der Waals surface area (Å²) < 4.78 is 34.5. The van der Waals surface area contributed by atoms with Crippen LogP contribution in [-0.2, 0) is 22.6 Å². The lowest BCUT2D eigenvalue weighted by atomic mass is 10.1. The Labute approximate surface area is 250 Å². The first-order chi connectivity index (χ1) is 20.3. The number of carbonyl (C=O) groups is 2. The molecule has 42 heavy (non-hydrogen) atoms. The van der Waals surface area contributed by atoms with Crippen molar-refractivity contribution in [3.05, 3.63) is 94.0 Å². The Morgan fingerprint density at radius 3 is 2.33 bits per heavy atom. The van der Waals surface area contributed by atoms with Crippen LogP contribution in [0.25, 0.3) is 0 Å². The molecule has 7 nitrogen and oxygen atoms in total. The van der Waals surface area contributed by atoms with E-state index in [1.807, 2.05) is 18.2 Å². The molecule has 0 aromatic heterocycles. The second kappa shape index (κ2) is 13.6. The largest absolute Gasteiger partial charge is 0.378 e. The number of amides is 2. The molecule has 2 aliphatic heterocycles. The van der Waals surface area contributed by atoms with E-state index in [4.69, 9.17) is 16.3 Å². The zero-order chi connectivity index (χ0) is 29.6. The van der Waals surface area contributed by atoms with Crippen LogP contribution in [0.1, 0.15) is 34.8 Å². The molecule has 0 spiro atoms. The third kappa shape index (κ3) is 7.09. The summed E-state index contributed by atoms with van der Waals surface area (Å²) in [7, 11) is 0. The maximum atomic E-state index is 14.6. The average Bonchev–Trinajstić information content (AvgIpc) is 3.02. The molecular formula is C32H35ClF2N4O3. The molecule has 0 unspecified atom stereocenters. The average molecular weight is 597 g/mol. The number of halogens is 3. The van der Waals surface area contributed by atoms with Crippen molar-refractivity contribution < 1.29 is 23.1 Å². The Kier molecular flexibility index (Phi) is 9.72. The van der Waals surface area contributed by atoms with Crippen molar-refractivity contribution >= 4 is 34.8 Å². The van der Waals surface area contributed by atoms with Crippen molar-refractivity contribution in [2.45, 2.75) is 26.4 Å². The highest BCUT2D eigenvalue weighted by atomic mass is 35.5. The van der Waals surface area contributed by atoms with Gasteiger partial charge in [0.05, 0.1) is 29.6 Å². The fourth-order valence-corrected chi connectivity index (χ4v) is 5.80. The van der Waals surface area contributed by atoms with E-state index < -0.39 is 11.6 Å². The Bertz CT molecular complexity index is 1420. The van der Waals surface area contributed by atoms with Crippen LogP contribution in [-0.4, -0.2) is 74.1 Å². The number of rotatable bonds is 4. The van der Waals surface area contributed by atoms with Gasteiger partial charge in [0.1, 0.15) is 0 Å². The minimum Gasteiger partial charge on any atom is -0.378 e. The molecule has 222 valence electrons. The first-order valence-corrected chi connectivity index (χ1v) is 14.6. The van der Waals surface area contributed by atoms with Gasteiger partial charge < -0.3 is 19.4 Å². The van der Waals surface area contributed by atoms with Gasteiger partial charge in [0, 0.05) is 70.9 Å². The van der Waals surface area contributed by atoms with Gasteiger partial charge in [-0.3, -0.25) is 14.5 Å². The van der Waals surface area contributed by atoms with Gasteiger partial charge in [-0.25, -0.2) is 8.78 Å². The molecule has 5 rings (SSSR count). The molecule has 3 aromatic rings. The summed E-state index contributed by atoms with van der Waals surface area (Å²) in [6.45, 7) is 6.45. The third-order valence-electron chi connectivity index (χ3n) is 7.78. The second-order valence-electron chi connectivity index (χ2n) is 10.7. The highest BCUT2D eigenvalue weighted by Gasteiger charge is 2.26. The standard InChI is InChI=1S/C32H35ClF2N4O3/c1-23(40)39-11-5-10-36(21-24-6-3-2-4-7-24)12-13-38(22-26-18-28(34)29(35)20-30(26)39)32(41)25-8-9-27(33)31(19-25)37-14-16-42-17-15-37/h2-4,6-9,18-20H,5,10-17,21-22H2,1H3.